The van der Waals surface area contributed by atoms with Crippen LogP contribution in [0.4, 0.5) is 0 Å². The van der Waals surface area contributed by atoms with Gasteiger partial charge in [0.15, 0.2) is 0 Å². The summed E-state index contributed by atoms with van der Waals surface area (Å²) in [4.78, 5) is 6.62. The van der Waals surface area contributed by atoms with E-state index >= 15 is 0 Å². The number of aryl methyl sites for hydroxylation is 2. The van der Waals surface area contributed by atoms with Crippen molar-refractivity contribution in [3.05, 3.63) is 60.3 Å². The van der Waals surface area contributed by atoms with E-state index in [0.29, 0.717) is 6.04 Å². The minimum atomic E-state index is 0.304. The number of hydrogen-bond acceptors (Lipinski definition) is 3. The van der Waals surface area contributed by atoms with Gasteiger partial charge in [0.1, 0.15) is 5.82 Å². The Morgan fingerprint density at radius 2 is 2.04 bits per heavy atom. The number of imidazole rings is 1. The molecule has 1 atom stereocenters. The van der Waals surface area contributed by atoms with Crippen LogP contribution in [0.25, 0.3) is 11.3 Å². The first kappa shape index (κ1) is 16.5. The van der Waals surface area contributed by atoms with Crippen LogP contribution >= 0.6 is 0 Å². The molecule has 0 bridgehead atoms. The molecular weight excluding hydrogens is 298 g/mol. The lowest BCUT2D eigenvalue weighted by atomic mass is 10.1. The predicted molar refractivity (Wildman–Crippen MR) is 96.6 cm³/mol. The fourth-order valence-electron chi connectivity index (χ4n) is 2.87. The standard InChI is InChI=1S/C19H25N5/c1-15(23(3)11-7-12-24-13-10-20-16(24)2)18-14-19(22-21-18)17-8-5-4-6-9-17/h4-6,8-10,13-15H,7,11-12H2,1-3H3,(H,21,22)/t15-/m0/s1. The molecule has 0 saturated carbocycles. The van der Waals surface area contributed by atoms with Gasteiger partial charge in [0.2, 0.25) is 0 Å². The third-order valence-corrected chi connectivity index (χ3v) is 4.61. The SMILES string of the molecule is Cc1nccn1CCCN(C)[C@@H](C)c1cc(-c2ccccc2)n[nH]1. The van der Waals surface area contributed by atoms with E-state index in [2.05, 4.69) is 56.8 Å². The second-order valence-corrected chi connectivity index (χ2v) is 6.25. The van der Waals surface area contributed by atoms with Gasteiger partial charge in [-0.25, -0.2) is 4.98 Å². The average Bonchev–Trinajstić information content (AvgIpc) is 3.24. The zero-order valence-corrected chi connectivity index (χ0v) is 14.6. The number of rotatable bonds is 7. The number of benzene rings is 1. The number of nitrogens with zero attached hydrogens (tertiary/aromatic N) is 4. The van der Waals surface area contributed by atoms with E-state index in [4.69, 9.17) is 0 Å². The quantitative estimate of drug-likeness (QED) is 0.722. The zero-order valence-electron chi connectivity index (χ0n) is 14.6. The highest BCUT2D eigenvalue weighted by Crippen LogP contribution is 2.23. The van der Waals surface area contributed by atoms with Gasteiger partial charge >= 0.3 is 0 Å². The van der Waals surface area contributed by atoms with Gasteiger partial charge in [-0.05, 0) is 33.4 Å². The summed E-state index contributed by atoms with van der Waals surface area (Å²) in [7, 11) is 2.16. The number of aromatic amines is 1. The molecule has 2 heterocycles. The fraction of sp³-hybridized carbons (Fsp3) is 0.368. The molecule has 0 unspecified atom stereocenters. The van der Waals surface area contributed by atoms with Gasteiger partial charge in [-0.3, -0.25) is 10.00 Å². The van der Waals surface area contributed by atoms with Crippen molar-refractivity contribution in [1.29, 1.82) is 0 Å². The summed E-state index contributed by atoms with van der Waals surface area (Å²) in [6.07, 6.45) is 4.99. The number of hydrogen-bond donors (Lipinski definition) is 1. The Morgan fingerprint density at radius 1 is 1.25 bits per heavy atom. The maximum absolute atomic E-state index is 4.46. The number of nitrogens with one attached hydrogen (secondary N) is 1. The van der Waals surface area contributed by atoms with E-state index in [-0.39, 0.29) is 0 Å². The first-order chi connectivity index (χ1) is 11.6. The van der Waals surface area contributed by atoms with Gasteiger partial charge in [0, 0.05) is 37.1 Å². The van der Waals surface area contributed by atoms with E-state index in [9.17, 15) is 0 Å². The van der Waals surface area contributed by atoms with Crippen molar-refractivity contribution in [2.45, 2.75) is 32.9 Å². The van der Waals surface area contributed by atoms with Crippen LogP contribution in [0, 0.1) is 6.92 Å². The van der Waals surface area contributed by atoms with Crippen LogP contribution in [0.2, 0.25) is 0 Å². The molecule has 3 rings (SSSR count). The van der Waals surface area contributed by atoms with Crippen LogP contribution in [-0.4, -0.2) is 38.2 Å². The van der Waals surface area contributed by atoms with Crippen LogP contribution in [0.5, 0.6) is 0 Å². The van der Waals surface area contributed by atoms with E-state index in [0.717, 1.165) is 42.3 Å². The van der Waals surface area contributed by atoms with E-state index in [1.807, 2.05) is 37.5 Å². The molecule has 5 nitrogen and oxygen atoms in total. The van der Waals surface area contributed by atoms with Crippen molar-refractivity contribution in [1.82, 2.24) is 24.6 Å². The van der Waals surface area contributed by atoms with Crippen LogP contribution in [-0.2, 0) is 6.54 Å². The Bertz CT molecular complexity index is 759. The fourth-order valence-corrected chi connectivity index (χ4v) is 2.87. The summed E-state index contributed by atoms with van der Waals surface area (Å²) in [6.45, 7) is 6.28. The summed E-state index contributed by atoms with van der Waals surface area (Å²) >= 11 is 0. The van der Waals surface area contributed by atoms with Crippen LogP contribution in [0.1, 0.15) is 30.9 Å². The third kappa shape index (κ3) is 3.74. The molecule has 0 aliphatic heterocycles. The molecule has 3 aromatic rings. The lowest BCUT2D eigenvalue weighted by Gasteiger charge is -2.23. The molecule has 0 amide bonds. The van der Waals surface area contributed by atoms with Gasteiger partial charge in [0.25, 0.3) is 0 Å². The van der Waals surface area contributed by atoms with Crippen LogP contribution < -0.4 is 0 Å². The van der Waals surface area contributed by atoms with Crippen LogP contribution in [0.15, 0.2) is 48.8 Å². The highest BCUT2D eigenvalue weighted by atomic mass is 15.2. The molecule has 0 aliphatic carbocycles. The Balaban J connectivity index is 1.56. The normalized spacial score (nSPS) is 12.7. The van der Waals surface area contributed by atoms with Gasteiger partial charge in [-0.1, -0.05) is 30.3 Å². The molecule has 0 spiro atoms. The molecule has 5 heteroatoms. The minimum absolute atomic E-state index is 0.304. The highest BCUT2D eigenvalue weighted by Gasteiger charge is 2.14. The van der Waals surface area contributed by atoms with E-state index < -0.39 is 0 Å². The summed E-state index contributed by atoms with van der Waals surface area (Å²) in [5, 5.41) is 7.65. The van der Waals surface area contributed by atoms with Crippen molar-refractivity contribution >= 4 is 0 Å². The van der Waals surface area contributed by atoms with Gasteiger partial charge in [-0.15, -0.1) is 0 Å². The monoisotopic (exact) mass is 323 g/mol. The molecule has 1 N–H and O–H groups in total. The first-order valence-electron chi connectivity index (χ1n) is 8.44. The molecule has 1 aromatic carbocycles. The molecule has 0 fully saturated rings. The molecule has 0 saturated heterocycles. The van der Waals surface area contributed by atoms with Crippen molar-refractivity contribution < 1.29 is 0 Å². The predicted octanol–water partition coefficient (Wildman–Crippen LogP) is 3.66. The van der Waals surface area contributed by atoms with Crippen LogP contribution in [0.3, 0.4) is 0 Å². The zero-order chi connectivity index (χ0) is 16.9. The molecule has 0 aliphatic rings. The van der Waals surface area contributed by atoms with Crippen molar-refractivity contribution in [3.8, 4) is 11.3 Å². The number of aromatic nitrogens is 4. The minimum Gasteiger partial charge on any atom is -0.335 e. The lowest BCUT2D eigenvalue weighted by Crippen LogP contribution is -2.24. The summed E-state index contributed by atoms with van der Waals surface area (Å²) in [5.74, 6) is 1.08. The smallest absolute Gasteiger partial charge is 0.105 e. The molecule has 24 heavy (non-hydrogen) atoms. The summed E-state index contributed by atoms with van der Waals surface area (Å²) in [5.41, 5.74) is 3.29. The number of H-pyrrole nitrogens is 1. The van der Waals surface area contributed by atoms with Crippen molar-refractivity contribution in [3.63, 3.8) is 0 Å². The van der Waals surface area contributed by atoms with E-state index in [1.54, 1.807) is 0 Å². The third-order valence-electron chi connectivity index (χ3n) is 4.61. The van der Waals surface area contributed by atoms with Gasteiger partial charge in [0.05, 0.1) is 11.4 Å². The summed E-state index contributed by atoms with van der Waals surface area (Å²) < 4.78 is 2.20. The van der Waals surface area contributed by atoms with E-state index in [1.165, 1.54) is 0 Å². The Labute approximate surface area is 143 Å². The largest absolute Gasteiger partial charge is 0.335 e. The van der Waals surface area contributed by atoms with Crippen molar-refractivity contribution in [2.75, 3.05) is 13.6 Å². The summed E-state index contributed by atoms with van der Waals surface area (Å²) in [6, 6.07) is 12.7. The highest BCUT2D eigenvalue weighted by molar-refractivity contribution is 5.59. The molecule has 126 valence electrons. The Kier molecular flexibility index (Phi) is 5.11. The Hall–Kier alpha value is -2.40. The first-order valence-corrected chi connectivity index (χ1v) is 8.44. The lowest BCUT2D eigenvalue weighted by molar-refractivity contribution is 0.249. The second-order valence-electron chi connectivity index (χ2n) is 6.25. The average molecular weight is 323 g/mol. The van der Waals surface area contributed by atoms with Gasteiger partial charge < -0.3 is 4.57 Å². The Morgan fingerprint density at radius 3 is 2.75 bits per heavy atom. The molecule has 0 radical (unpaired) electrons. The molecule has 2 aromatic heterocycles. The maximum Gasteiger partial charge on any atom is 0.105 e. The topological polar surface area (TPSA) is 49.7 Å². The van der Waals surface area contributed by atoms with Crippen molar-refractivity contribution in [2.24, 2.45) is 0 Å². The second kappa shape index (κ2) is 7.45. The van der Waals surface area contributed by atoms with Gasteiger partial charge in [-0.2, -0.15) is 5.10 Å². The molecular formula is C19H25N5. The maximum atomic E-state index is 4.46.